The Bertz CT molecular complexity index is 6480. The Morgan fingerprint density at radius 2 is 0.480 bits per heavy atom. The molecule has 6 nitrogen and oxygen atoms in total. The molecule has 468 valence electrons. The van der Waals surface area contributed by atoms with E-state index in [-0.39, 0.29) is 0 Å². The summed E-state index contributed by atoms with van der Waals surface area (Å²) in [4.78, 5) is 9.81. The van der Waals surface area contributed by atoms with Crippen LogP contribution >= 0.6 is 0 Å². The minimum atomic E-state index is 0.956. The van der Waals surface area contributed by atoms with Crippen LogP contribution in [0.5, 0.6) is 0 Å². The lowest BCUT2D eigenvalue weighted by atomic mass is 9.98. The van der Waals surface area contributed by atoms with E-state index in [1.165, 1.54) is 121 Å². The molecule has 0 bridgehead atoms. The zero-order valence-corrected chi connectivity index (χ0v) is 54.5. The summed E-state index contributed by atoms with van der Waals surface area (Å²) in [5.74, 6) is 0. The fourth-order valence-electron chi connectivity index (χ4n) is 15.4. The average Bonchev–Trinajstić information content (AvgIpc) is 1.58. The number of fused-ring (bicyclic) bond motifs is 12. The van der Waals surface area contributed by atoms with Crippen LogP contribution in [0.2, 0.25) is 0 Å². The van der Waals surface area contributed by atoms with Gasteiger partial charge in [-0.1, -0.05) is 243 Å². The van der Waals surface area contributed by atoms with Crippen LogP contribution in [-0.2, 0) is 0 Å². The van der Waals surface area contributed by atoms with Gasteiger partial charge in [0.25, 0.3) is 0 Å². The monoisotopic (exact) mass is 1270 g/mol. The molecule has 0 fully saturated rings. The first-order valence-corrected chi connectivity index (χ1v) is 34.1. The van der Waals surface area contributed by atoms with Gasteiger partial charge in [-0.15, -0.1) is 0 Å². The maximum atomic E-state index is 4.92. The van der Waals surface area contributed by atoms with Gasteiger partial charge in [0.2, 0.25) is 0 Å². The maximum absolute atomic E-state index is 4.92. The summed E-state index contributed by atoms with van der Waals surface area (Å²) in [6, 6.07) is 131. The van der Waals surface area contributed by atoms with Gasteiger partial charge >= 0.3 is 0 Å². The lowest BCUT2D eigenvalue weighted by molar-refractivity contribution is 1.14. The molecule has 0 amide bonds. The third kappa shape index (κ3) is 9.88. The van der Waals surface area contributed by atoms with Gasteiger partial charge < -0.3 is 9.13 Å². The molecule has 0 N–H and O–H groups in total. The highest BCUT2D eigenvalue weighted by atomic mass is 15.1. The summed E-state index contributed by atoms with van der Waals surface area (Å²) in [6.07, 6.45) is 3.78. The van der Waals surface area contributed by atoms with Crippen LogP contribution in [0.25, 0.3) is 177 Å². The standard InChI is InChI=1S/2C47H31N3/c1-3-13-32(14-4-1)34-17-9-19-37(29-34)49-43-24-8-7-21-41(43)46-39(22-11-25-45(46)49)36-26-27-44-42(31-36)40-23-12-28-48-47(40)50(44)38-20-10-18-35(30-38)33-15-5-2-6-16-33;1-3-11-32(12-4-1)34-20-25-37(26-21-34)49-43-18-8-7-15-41(43)46-39(16-9-19-45(46)49)36-24-29-44-42(31-36)40-17-10-30-48-47(40)50(44)38-27-22-35(23-28-38)33-13-5-2-6-14-33/h2*1-31H. The zero-order valence-electron chi connectivity index (χ0n) is 54.5. The largest absolute Gasteiger partial charge is 0.309 e. The fourth-order valence-corrected chi connectivity index (χ4v) is 15.4. The van der Waals surface area contributed by atoms with E-state index in [0.29, 0.717) is 0 Å². The van der Waals surface area contributed by atoms with Gasteiger partial charge in [0.05, 0.1) is 33.1 Å². The zero-order chi connectivity index (χ0) is 66.0. The molecule has 0 spiro atoms. The molecule has 0 radical (unpaired) electrons. The average molecular weight is 1280 g/mol. The van der Waals surface area contributed by atoms with Crippen LogP contribution in [0.15, 0.2) is 376 Å². The minimum Gasteiger partial charge on any atom is -0.309 e. The summed E-state index contributed by atoms with van der Waals surface area (Å²) in [7, 11) is 0. The van der Waals surface area contributed by atoms with E-state index in [1.54, 1.807) is 0 Å². The van der Waals surface area contributed by atoms with Crippen LogP contribution in [0.3, 0.4) is 0 Å². The third-order valence-electron chi connectivity index (χ3n) is 20.0. The van der Waals surface area contributed by atoms with Gasteiger partial charge in [-0.3, -0.25) is 9.13 Å². The predicted octanol–water partition coefficient (Wildman–Crippen LogP) is 24.6. The Labute approximate surface area is 578 Å². The molecule has 0 aliphatic rings. The van der Waals surface area contributed by atoms with Crippen LogP contribution in [0.1, 0.15) is 0 Å². The molecule has 6 aromatic heterocycles. The number of nitrogens with zero attached hydrogens (tertiary/aromatic N) is 6. The topological polar surface area (TPSA) is 45.5 Å². The normalized spacial score (nSPS) is 11.6. The van der Waals surface area contributed by atoms with Crippen LogP contribution in [0.4, 0.5) is 0 Å². The third-order valence-corrected chi connectivity index (χ3v) is 20.0. The summed E-state index contributed by atoms with van der Waals surface area (Å²) in [6.45, 7) is 0. The van der Waals surface area contributed by atoms with Crippen molar-refractivity contribution in [1.82, 2.24) is 28.2 Å². The van der Waals surface area contributed by atoms with Crippen molar-refractivity contribution >= 4 is 87.5 Å². The number of benzene rings is 14. The van der Waals surface area contributed by atoms with Crippen molar-refractivity contribution in [3.8, 4) is 89.5 Å². The molecule has 0 saturated carbocycles. The minimum absolute atomic E-state index is 0.956. The summed E-state index contributed by atoms with van der Waals surface area (Å²) in [5, 5.41) is 9.66. The Morgan fingerprint density at radius 1 is 0.170 bits per heavy atom. The lowest BCUT2D eigenvalue weighted by Crippen LogP contribution is -1.95. The molecule has 20 rings (SSSR count). The number of rotatable bonds is 10. The first-order chi connectivity index (χ1) is 49.6. The number of pyridine rings is 2. The Hall–Kier alpha value is -13.4. The van der Waals surface area contributed by atoms with E-state index in [2.05, 4.69) is 370 Å². The van der Waals surface area contributed by atoms with E-state index >= 15 is 0 Å². The van der Waals surface area contributed by atoms with Gasteiger partial charge in [0, 0.05) is 78.2 Å². The molecular formula is C94H62N6. The van der Waals surface area contributed by atoms with Crippen LogP contribution in [-0.4, -0.2) is 28.2 Å². The van der Waals surface area contributed by atoms with Gasteiger partial charge in [-0.25, -0.2) is 9.97 Å². The SMILES string of the molecule is c1ccc(-c2ccc(-n3c4ccccc4c4c(-c5ccc6c(c5)c5cccnc5n6-c5ccc(-c6ccccc6)cc5)cccc43)cc2)cc1.c1ccc(-c2cccc(-n3c4ccccc4c4c(-c5ccc6c(c5)c5cccnc5n6-c5cccc(-c6ccccc6)c5)cccc43)c2)cc1. The second kappa shape index (κ2) is 24.3. The Morgan fingerprint density at radius 3 is 0.930 bits per heavy atom. The number of hydrogen-bond acceptors (Lipinski definition) is 2. The van der Waals surface area contributed by atoms with E-state index in [4.69, 9.17) is 9.97 Å². The summed E-state index contributed by atoms with van der Waals surface area (Å²) < 4.78 is 9.40. The molecule has 100 heavy (non-hydrogen) atoms. The molecule has 6 heteroatoms. The molecule has 0 aliphatic carbocycles. The maximum Gasteiger partial charge on any atom is 0.145 e. The lowest BCUT2D eigenvalue weighted by Gasteiger charge is -2.11. The van der Waals surface area contributed by atoms with Gasteiger partial charge in [0.1, 0.15) is 11.3 Å². The van der Waals surface area contributed by atoms with E-state index < -0.39 is 0 Å². The highest BCUT2D eigenvalue weighted by Crippen LogP contribution is 2.44. The summed E-state index contributed by atoms with van der Waals surface area (Å²) >= 11 is 0. The van der Waals surface area contributed by atoms with Gasteiger partial charge in [0.15, 0.2) is 0 Å². The number of hydrogen-bond donors (Lipinski definition) is 0. The first-order valence-electron chi connectivity index (χ1n) is 34.1. The van der Waals surface area contributed by atoms with Crippen LogP contribution in [0, 0.1) is 0 Å². The molecule has 0 saturated heterocycles. The first kappa shape index (κ1) is 58.0. The number of para-hydroxylation sites is 2. The van der Waals surface area contributed by atoms with Crippen molar-refractivity contribution in [1.29, 1.82) is 0 Å². The summed E-state index contributed by atoms with van der Waals surface area (Å²) in [5.41, 5.74) is 27.9. The van der Waals surface area contributed by atoms with Crippen molar-refractivity contribution in [2.24, 2.45) is 0 Å². The van der Waals surface area contributed by atoms with Crippen molar-refractivity contribution in [3.63, 3.8) is 0 Å². The molecule has 20 aromatic rings. The molecular weight excluding hydrogens is 1210 g/mol. The second-order valence-corrected chi connectivity index (χ2v) is 25.6. The Kier molecular flexibility index (Phi) is 14.1. The predicted molar refractivity (Wildman–Crippen MR) is 418 cm³/mol. The molecule has 0 atom stereocenters. The van der Waals surface area contributed by atoms with E-state index in [1.807, 2.05) is 24.5 Å². The van der Waals surface area contributed by atoms with Crippen LogP contribution < -0.4 is 0 Å². The smallest absolute Gasteiger partial charge is 0.145 e. The van der Waals surface area contributed by atoms with E-state index in [0.717, 1.165) is 55.8 Å². The Balaban J connectivity index is 0.000000139. The molecule has 14 aromatic carbocycles. The van der Waals surface area contributed by atoms with Crippen molar-refractivity contribution in [2.45, 2.75) is 0 Å². The molecule has 0 unspecified atom stereocenters. The quantitative estimate of drug-likeness (QED) is 0.137. The molecule has 0 aliphatic heterocycles. The number of aromatic nitrogens is 6. The molecule has 6 heterocycles. The van der Waals surface area contributed by atoms with E-state index in [9.17, 15) is 0 Å². The van der Waals surface area contributed by atoms with Gasteiger partial charge in [-0.05, 0) is 188 Å². The van der Waals surface area contributed by atoms with Crippen molar-refractivity contribution in [3.05, 3.63) is 376 Å². The van der Waals surface area contributed by atoms with Gasteiger partial charge in [-0.2, -0.15) is 0 Å². The second-order valence-electron chi connectivity index (χ2n) is 25.6. The highest BCUT2D eigenvalue weighted by molar-refractivity contribution is 6.19. The fraction of sp³-hybridized carbons (Fsp3) is 0. The van der Waals surface area contributed by atoms with Crippen molar-refractivity contribution in [2.75, 3.05) is 0 Å². The highest BCUT2D eigenvalue weighted by Gasteiger charge is 2.22. The van der Waals surface area contributed by atoms with Crippen molar-refractivity contribution < 1.29 is 0 Å².